The fraction of sp³-hybridized carbons (Fsp3) is 0.133. The fourth-order valence-corrected chi connectivity index (χ4v) is 2.35. The van der Waals surface area contributed by atoms with Crippen LogP contribution in [0.3, 0.4) is 0 Å². The van der Waals surface area contributed by atoms with E-state index < -0.39 is 0 Å². The van der Waals surface area contributed by atoms with E-state index in [9.17, 15) is 9.18 Å². The monoisotopic (exact) mass is 351 g/mol. The molecule has 6 heteroatoms. The van der Waals surface area contributed by atoms with Gasteiger partial charge in [-0.1, -0.05) is 0 Å². The summed E-state index contributed by atoms with van der Waals surface area (Å²) in [5.74, 6) is -0.567. The third-order valence-corrected chi connectivity index (χ3v) is 3.69. The highest BCUT2D eigenvalue weighted by atomic mass is 79.9. The lowest BCUT2D eigenvalue weighted by Gasteiger charge is -2.13. The van der Waals surface area contributed by atoms with E-state index in [1.165, 1.54) is 6.07 Å². The average molecular weight is 352 g/mol. The number of nitrogens with two attached hydrogens (primary N) is 1. The Morgan fingerprint density at radius 2 is 1.95 bits per heavy atom. The molecule has 21 heavy (non-hydrogen) atoms. The van der Waals surface area contributed by atoms with Gasteiger partial charge < -0.3 is 16.4 Å². The number of carbonyl (C=O) groups excluding carboxylic acids is 1. The summed E-state index contributed by atoms with van der Waals surface area (Å²) in [6.45, 7) is 1.86. The number of hydrogen-bond acceptors (Lipinski definition) is 3. The summed E-state index contributed by atoms with van der Waals surface area (Å²) >= 11 is 3.14. The molecular weight excluding hydrogens is 337 g/mol. The highest BCUT2D eigenvalue weighted by Crippen LogP contribution is 2.29. The molecule has 0 heterocycles. The van der Waals surface area contributed by atoms with Crippen LogP contribution >= 0.6 is 15.9 Å². The molecule has 0 fully saturated rings. The van der Waals surface area contributed by atoms with Crippen LogP contribution in [0.15, 0.2) is 34.8 Å². The first-order valence-electron chi connectivity index (χ1n) is 6.26. The lowest BCUT2D eigenvalue weighted by Crippen LogP contribution is -2.18. The first-order chi connectivity index (χ1) is 9.92. The molecule has 0 radical (unpaired) electrons. The van der Waals surface area contributed by atoms with Crippen LogP contribution in [0.25, 0.3) is 0 Å². The number of aryl methyl sites for hydroxylation is 1. The van der Waals surface area contributed by atoms with E-state index in [0.29, 0.717) is 27.1 Å². The Labute approximate surface area is 130 Å². The third-order valence-electron chi connectivity index (χ3n) is 3.08. The van der Waals surface area contributed by atoms with Gasteiger partial charge in [-0.3, -0.25) is 4.79 Å². The van der Waals surface area contributed by atoms with E-state index in [2.05, 4.69) is 26.6 Å². The number of benzene rings is 2. The number of hydrogen-bond donors (Lipinski definition) is 3. The highest BCUT2D eigenvalue weighted by Gasteiger charge is 2.09. The second-order valence-corrected chi connectivity index (χ2v) is 5.44. The molecule has 0 bridgehead atoms. The Morgan fingerprint density at radius 3 is 2.57 bits per heavy atom. The minimum Gasteiger partial charge on any atom is -0.397 e. The van der Waals surface area contributed by atoms with Gasteiger partial charge in [-0.25, -0.2) is 4.39 Å². The standard InChI is InChI=1S/C15H15BrFN3O/c1-8-5-10(16)11(17)7-14(8)20-13-4-3-9(6-12(13)18)15(21)19-2/h3-7,20H,18H2,1-2H3,(H,19,21). The summed E-state index contributed by atoms with van der Waals surface area (Å²) in [6, 6.07) is 8.01. The zero-order valence-electron chi connectivity index (χ0n) is 11.6. The molecule has 0 unspecified atom stereocenters. The molecule has 1 amide bonds. The van der Waals surface area contributed by atoms with Crippen molar-refractivity contribution in [1.29, 1.82) is 0 Å². The first-order valence-corrected chi connectivity index (χ1v) is 7.06. The van der Waals surface area contributed by atoms with Gasteiger partial charge in [0.1, 0.15) is 5.82 Å². The maximum absolute atomic E-state index is 13.6. The SMILES string of the molecule is CNC(=O)c1ccc(Nc2cc(F)c(Br)cc2C)c(N)c1. The van der Waals surface area contributed by atoms with Gasteiger partial charge >= 0.3 is 0 Å². The molecule has 2 rings (SSSR count). The van der Waals surface area contributed by atoms with Crippen molar-refractivity contribution in [3.8, 4) is 0 Å². The molecule has 0 spiro atoms. The van der Waals surface area contributed by atoms with Crippen molar-refractivity contribution in [3.63, 3.8) is 0 Å². The van der Waals surface area contributed by atoms with Gasteiger partial charge in [-0.15, -0.1) is 0 Å². The number of carbonyl (C=O) groups is 1. The third kappa shape index (κ3) is 3.33. The average Bonchev–Trinajstić information content (AvgIpc) is 2.45. The van der Waals surface area contributed by atoms with E-state index >= 15 is 0 Å². The van der Waals surface area contributed by atoms with Crippen LogP contribution in [0.2, 0.25) is 0 Å². The molecule has 2 aromatic rings. The lowest BCUT2D eigenvalue weighted by molar-refractivity contribution is 0.0963. The summed E-state index contributed by atoms with van der Waals surface area (Å²) in [5.41, 5.74) is 8.93. The number of rotatable bonds is 3. The lowest BCUT2D eigenvalue weighted by atomic mass is 10.1. The van der Waals surface area contributed by atoms with Gasteiger partial charge in [0.2, 0.25) is 0 Å². The largest absolute Gasteiger partial charge is 0.397 e. The van der Waals surface area contributed by atoms with E-state index in [1.807, 2.05) is 6.92 Å². The Morgan fingerprint density at radius 1 is 1.24 bits per heavy atom. The molecule has 2 aromatic carbocycles. The van der Waals surface area contributed by atoms with Crippen molar-refractivity contribution in [3.05, 3.63) is 51.7 Å². The van der Waals surface area contributed by atoms with E-state index in [1.54, 1.807) is 31.3 Å². The van der Waals surface area contributed by atoms with E-state index in [0.717, 1.165) is 5.56 Å². The number of amides is 1. The van der Waals surface area contributed by atoms with Gasteiger partial charge in [0, 0.05) is 18.3 Å². The maximum atomic E-state index is 13.6. The quantitative estimate of drug-likeness (QED) is 0.740. The molecule has 110 valence electrons. The summed E-state index contributed by atoms with van der Waals surface area (Å²) in [4.78, 5) is 11.5. The summed E-state index contributed by atoms with van der Waals surface area (Å²) in [7, 11) is 1.55. The molecule has 0 aliphatic carbocycles. The van der Waals surface area contributed by atoms with Crippen molar-refractivity contribution in [2.24, 2.45) is 0 Å². The zero-order chi connectivity index (χ0) is 15.6. The number of halogens is 2. The van der Waals surface area contributed by atoms with Gasteiger partial charge in [0.15, 0.2) is 0 Å². The van der Waals surface area contributed by atoms with Crippen molar-refractivity contribution in [2.45, 2.75) is 6.92 Å². The Kier molecular flexibility index (Phi) is 4.47. The van der Waals surface area contributed by atoms with Crippen LogP contribution in [0.4, 0.5) is 21.5 Å². The molecule has 0 saturated carbocycles. The van der Waals surface area contributed by atoms with Crippen LogP contribution in [0.1, 0.15) is 15.9 Å². The Bertz CT molecular complexity index is 704. The molecule has 0 saturated heterocycles. The fourth-order valence-electron chi connectivity index (χ4n) is 1.89. The van der Waals surface area contributed by atoms with Crippen molar-refractivity contribution < 1.29 is 9.18 Å². The minimum atomic E-state index is -0.358. The second kappa shape index (κ2) is 6.13. The highest BCUT2D eigenvalue weighted by molar-refractivity contribution is 9.10. The van der Waals surface area contributed by atoms with Crippen LogP contribution in [-0.2, 0) is 0 Å². The Balaban J connectivity index is 2.32. The van der Waals surface area contributed by atoms with E-state index in [-0.39, 0.29) is 11.7 Å². The van der Waals surface area contributed by atoms with Crippen LogP contribution < -0.4 is 16.4 Å². The molecule has 4 nitrogen and oxygen atoms in total. The second-order valence-electron chi connectivity index (χ2n) is 4.59. The Hall–Kier alpha value is -2.08. The summed E-state index contributed by atoms with van der Waals surface area (Å²) in [6.07, 6.45) is 0. The summed E-state index contributed by atoms with van der Waals surface area (Å²) < 4.78 is 14.0. The molecule has 0 aromatic heterocycles. The number of anilines is 3. The van der Waals surface area contributed by atoms with Crippen LogP contribution in [0.5, 0.6) is 0 Å². The number of nitrogen functional groups attached to an aromatic ring is 1. The smallest absolute Gasteiger partial charge is 0.251 e. The molecule has 0 atom stereocenters. The van der Waals surface area contributed by atoms with Gasteiger partial charge in [-0.05, 0) is 58.7 Å². The van der Waals surface area contributed by atoms with Crippen molar-refractivity contribution in [1.82, 2.24) is 5.32 Å². The van der Waals surface area contributed by atoms with Crippen molar-refractivity contribution >= 4 is 38.9 Å². The van der Waals surface area contributed by atoms with Gasteiger partial charge in [0.05, 0.1) is 15.8 Å². The maximum Gasteiger partial charge on any atom is 0.251 e. The first kappa shape index (κ1) is 15.3. The predicted molar refractivity (Wildman–Crippen MR) is 86.4 cm³/mol. The van der Waals surface area contributed by atoms with Crippen molar-refractivity contribution in [2.75, 3.05) is 18.1 Å². The zero-order valence-corrected chi connectivity index (χ0v) is 13.2. The van der Waals surface area contributed by atoms with Crippen LogP contribution in [0, 0.1) is 12.7 Å². The van der Waals surface area contributed by atoms with E-state index in [4.69, 9.17) is 5.73 Å². The summed E-state index contributed by atoms with van der Waals surface area (Å²) in [5, 5.41) is 5.61. The van der Waals surface area contributed by atoms with Crippen LogP contribution in [-0.4, -0.2) is 13.0 Å². The molecule has 0 aliphatic rings. The molecule has 4 N–H and O–H groups in total. The normalized spacial score (nSPS) is 10.3. The topological polar surface area (TPSA) is 67.2 Å². The van der Waals surface area contributed by atoms with Gasteiger partial charge in [0.25, 0.3) is 5.91 Å². The molecule has 0 aliphatic heterocycles. The minimum absolute atomic E-state index is 0.209. The number of nitrogens with one attached hydrogen (secondary N) is 2. The molecular formula is C15H15BrFN3O. The predicted octanol–water partition coefficient (Wildman–Crippen LogP) is 3.58. The van der Waals surface area contributed by atoms with Gasteiger partial charge in [-0.2, -0.15) is 0 Å².